The van der Waals surface area contributed by atoms with E-state index in [4.69, 9.17) is 14.3 Å². The summed E-state index contributed by atoms with van der Waals surface area (Å²) in [5.74, 6) is -0.974. The van der Waals surface area contributed by atoms with Crippen molar-refractivity contribution in [2.75, 3.05) is 27.4 Å². The summed E-state index contributed by atoms with van der Waals surface area (Å²) in [6, 6.07) is 3.94. The van der Waals surface area contributed by atoms with Gasteiger partial charge in [0.15, 0.2) is 0 Å². The van der Waals surface area contributed by atoms with Crippen LogP contribution in [-0.4, -0.2) is 33.3 Å². The Kier molecular flexibility index (Phi) is 5.38. The minimum absolute atomic E-state index is 0.108. The lowest BCUT2D eigenvalue weighted by molar-refractivity contribution is 0.00865. The van der Waals surface area contributed by atoms with Crippen LogP contribution in [0.4, 0.5) is 4.39 Å². The number of rotatable bonds is 6. The van der Waals surface area contributed by atoms with Crippen molar-refractivity contribution in [3.05, 3.63) is 29.6 Å². The molecule has 17 heavy (non-hydrogen) atoms. The van der Waals surface area contributed by atoms with Gasteiger partial charge < -0.3 is 9.47 Å². The molecule has 0 heterocycles. The van der Waals surface area contributed by atoms with Crippen molar-refractivity contribution in [3.8, 4) is 5.75 Å². The van der Waals surface area contributed by atoms with Gasteiger partial charge in [0.05, 0.1) is 25.9 Å². The smallest absolute Gasteiger partial charge is 0.277 e. The number of carbonyl (C=O) groups is 1. The zero-order chi connectivity index (χ0) is 12.7. The SMILES string of the molecule is COCCONC(=O)c1ccc(OC)cc1F. The van der Waals surface area contributed by atoms with Crippen molar-refractivity contribution in [2.24, 2.45) is 0 Å². The topological polar surface area (TPSA) is 56.8 Å². The first-order chi connectivity index (χ1) is 8.19. The van der Waals surface area contributed by atoms with Crippen molar-refractivity contribution in [2.45, 2.75) is 0 Å². The molecule has 0 fully saturated rings. The van der Waals surface area contributed by atoms with E-state index in [0.717, 1.165) is 6.07 Å². The van der Waals surface area contributed by atoms with Crippen molar-refractivity contribution >= 4 is 5.91 Å². The van der Waals surface area contributed by atoms with Crippen LogP contribution in [0.5, 0.6) is 5.75 Å². The standard InChI is InChI=1S/C11H14FNO4/c1-15-5-6-17-13-11(14)9-4-3-8(16-2)7-10(9)12/h3-4,7H,5-6H2,1-2H3,(H,13,14). The molecule has 1 aromatic rings. The normalized spacial score (nSPS) is 10.1. The molecule has 94 valence electrons. The van der Waals surface area contributed by atoms with E-state index < -0.39 is 11.7 Å². The third-order valence-electron chi connectivity index (χ3n) is 1.98. The van der Waals surface area contributed by atoms with E-state index in [-0.39, 0.29) is 12.2 Å². The third-order valence-corrected chi connectivity index (χ3v) is 1.98. The van der Waals surface area contributed by atoms with Crippen LogP contribution < -0.4 is 10.2 Å². The highest BCUT2D eigenvalue weighted by atomic mass is 19.1. The second-order valence-electron chi connectivity index (χ2n) is 3.12. The maximum Gasteiger partial charge on any atom is 0.277 e. The molecule has 0 unspecified atom stereocenters. The molecule has 0 saturated heterocycles. The van der Waals surface area contributed by atoms with Gasteiger partial charge in [-0.1, -0.05) is 0 Å². The first-order valence-electron chi connectivity index (χ1n) is 4.93. The van der Waals surface area contributed by atoms with Crippen LogP contribution in [0.25, 0.3) is 0 Å². The van der Waals surface area contributed by atoms with Gasteiger partial charge in [0.25, 0.3) is 5.91 Å². The minimum atomic E-state index is -0.669. The van der Waals surface area contributed by atoms with Gasteiger partial charge in [-0.05, 0) is 12.1 Å². The number of amides is 1. The van der Waals surface area contributed by atoms with Crippen molar-refractivity contribution < 1.29 is 23.5 Å². The van der Waals surface area contributed by atoms with Crippen molar-refractivity contribution in [3.63, 3.8) is 0 Å². The summed E-state index contributed by atoms with van der Waals surface area (Å²) in [5, 5.41) is 0. The van der Waals surface area contributed by atoms with E-state index in [2.05, 4.69) is 5.48 Å². The molecule has 0 atom stereocenters. The van der Waals surface area contributed by atoms with Gasteiger partial charge in [-0.15, -0.1) is 0 Å². The van der Waals surface area contributed by atoms with E-state index in [9.17, 15) is 9.18 Å². The predicted molar refractivity (Wildman–Crippen MR) is 58.2 cm³/mol. The molecular formula is C11H14FNO4. The molecule has 1 aromatic carbocycles. The molecule has 1 amide bonds. The molecule has 0 aliphatic heterocycles. The number of hydrogen-bond acceptors (Lipinski definition) is 4. The quantitative estimate of drug-likeness (QED) is 0.601. The van der Waals surface area contributed by atoms with E-state index >= 15 is 0 Å². The highest BCUT2D eigenvalue weighted by Crippen LogP contribution is 2.15. The van der Waals surface area contributed by atoms with Gasteiger partial charge in [-0.25, -0.2) is 9.87 Å². The molecule has 0 bridgehead atoms. The molecule has 1 rings (SSSR count). The van der Waals surface area contributed by atoms with Gasteiger partial charge in [-0.3, -0.25) is 9.63 Å². The number of carbonyl (C=O) groups excluding carboxylic acids is 1. The Bertz CT molecular complexity index is 384. The monoisotopic (exact) mass is 243 g/mol. The van der Waals surface area contributed by atoms with Gasteiger partial charge in [-0.2, -0.15) is 0 Å². The maximum absolute atomic E-state index is 13.4. The number of benzene rings is 1. The van der Waals surface area contributed by atoms with Crippen LogP contribution in [0.15, 0.2) is 18.2 Å². The van der Waals surface area contributed by atoms with E-state index in [1.165, 1.54) is 26.4 Å². The average Bonchev–Trinajstić information content (AvgIpc) is 2.34. The molecule has 1 N–H and O–H groups in total. The highest BCUT2D eigenvalue weighted by molar-refractivity contribution is 5.93. The molecule has 0 aliphatic rings. The second-order valence-corrected chi connectivity index (χ2v) is 3.12. The minimum Gasteiger partial charge on any atom is -0.497 e. The Morgan fingerprint density at radius 3 is 2.71 bits per heavy atom. The fourth-order valence-corrected chi connectivity index (χ4v) is 1.10. The zero-order valence-corrected chi connectivity index (χ0v) is 9.66. The zero-order valence-electron chi connectivity index (χ0n) is 9.66. The van der Waals surface area contributed by atoms with Crippen LogP contribution in [-0.2, 0) is 9.57 Å². The summed E-state index contributed by atoms with van der Waals surface area (Å²) >= 11 is 0. The van der Waals surface area contributed by atoms with Crippen molar-refractivity contribution in [1.29, 1.82) is 0 Å². The largest absolute Gasteiger partial charge is 0.497 e. The van der Waals surface area contributed by atoms with Gasteiger partial charge in [0.1, 0.15) is 11.6 Å². The number of hydroxylamine groups is 1. The number of ether oxygens (including phenoxy) is 2. The lowest BCUT2D eigenvalue weighted by Crippen LogP contribution is -2.26. The lowest BCUT2D eigenvalue weighted by Gasteiger charge is -2.07. The van der Waals surface area contributed by atoms with Gasteiger partial charge in [0, 0.05) is 13.2 Å². The Labute approximate surface area is 98.4 Å². The fraction of sp³-hybridized carbons (Fsp3) is 0.364. The number of halogens is 1. The van der Waals surface area contributed by atoms with Crippen LogP contribution in [0.3, 0.4) is 0 Å². The molecule has 0 aliphatic carbocycles. The summed E-state index contributed by atoms with van der Waals surface area (Å²) in [4.78, 5) is 16.2. The summed E-state index contributed by atoms with van der Waals surface area (Å²) in [5.41, 5.74) is 2.00. The van der Waals surface area contributed by atoms with Gasteiger partial charge >= 0.3 is 0 Å². The molecule has 6 heteroatoms. The van der Waals surface area contributed by atoms with Crippen LogP contribution in [0.1, 0.15) is 10.4 Å². The van der Waals surface area contributed by atoms with Crippen LogP contribution >= 0.6 is 0 Å². The number of nitrogens with one attached hydrogen (secondary N) is 1. The summed E-state index contributed by atoms with van der Waals surface area (Å²) < 4.78 is 23.0. The third kappa shape index (κ3) is 4.01. The van der Waals surface area contributed by atoms with Crippen LogP contribution in [0.2, 0.25) is 0 Å². The predicted octanol–water partition coefficient (Wildman–Crippen LogP) is 1.14. The summed E-state index contributed by atoms with van der Waals surface area (Å²) in [6.07, 6.45) is 0. The Morgan fingerprint density at radius 1 is 1.35 bits per heavy atom. The van der Waals surface area contributed by atoms with E-state index in [0.29, 0.717) is 12.4 Å². The Hall–Kier alpha value is -1.66. The molecule has 0 radical (unpaired) electrons. The second kappa shape index (κ2) is 6.82. The van der Waals surface area contributed by atoms with Crippen LogP contribution in [0, 0.1) is 5.82 Å². The molecule has 0 saturated carbocycles. The molecule has 0 aromatic heterocycles. The number of methoxy groups -OCH3 is 2. The fourth-order valence-electron chi connectivity index (χ4n) is 1.10. The van der Waals surface area contributed by atoms with Crippen molar-refractivity contribution in [1.82, 2.24) is 5.48 Å². The Morgan fingerprint density at radius 2 is 2.12 bits per heavy atom. The first kappa shape index (κ1) is 13.4. The maximum atomic E-state index is 13.4. The average molecular weight is 243 g/mol. The first-order valence-corrected chi connectivity index (χ1v) is 4.93. The number of hydrogen-bond donors (Lipinski definition) is 1. The van der Waals surface area contributed by atoms with E-state index in [1.807, 2.05) is 0 Å². The highest BCUT2D eigenvalue weighted by Gasteiger charge is 2.12. The van der Waals surface area contributed by atoms with E-state index in [1.54, 1.807) is 0 Å². The molecular weight excluding hydrogens is 229 g/mol. The lowest BCUT2D eigenvalue weighted by atomic mass is 10.2. The molecule has 5 nitrogen and oxygen atoms in total. The molecule has 0 spiro atoms. The summed E-state index contributed by atoms with van der Waals surface area (Å²) in [6.45, 7) is 0.533. The Balaban J connectivity index is 2.57. The summed E-state index contributed by atoms with van der Waals surface area (Å²) in [7, 11) is 2.93. The van der Waals surface area contributed by atoms with Gasteiger partial charge in [0.2, 0.25) is 0 Å².